The number of nitrogens with one attached hydrogen (secondary N) is 1. The van der Waals surface area contributed by atoms with Crippen molar-refractivity contribution in [2.24, 2.45) is 7.05 Å². The average Bonchev–Trinajstić information content (AvgIpc) is 3.52. The van der Waals surface area contributed by atoms with Crippen LogP contribution in [0.3, 0.4) is 0 Å². The van der Waals surface area contributed by atoms with Gasteiger partial charge in [0.25, 0.3) is 11.5 Å². The Kier molecular flexibility index (Phi) is 6.67. The lowest BCUT2D eigenvalue weighted by Gasteiger charge is -2.08. The molecule has 0 radical (unpaired) electrons. The smallest absolute Gasteiger partial charge is 0.277 e. The van der Waals surface area contributed by atoms with Crippen LogP contribution < -0.4 is 15.6 Å². The molecule has 0 atom stereocenters. The molecule has 0 bridgehead atoms. The maximum absolute atomic E-state index is 13.0. The molecule has 0 aliphatic heterocycles. The Balaban J connectivity index is 1.36. The number of ether oxygens (including phenoxy) is 1. The van der Waals surface area contributed by atoms with Gasteiger partial charge in [-0.25, -0.2) is 14.6 Å². The predicted octanol–water partition coefficient (Wildman–Crippen LogP) is 4.10. The van der Waals surface area contributed by atoms with Gasteiger partial charge in [-0.15, -0.1) is 0 Å². The molecular weight excluding hydrogens is 476 g/mol. The molecular formula is C26H22N6O3S. The van der Waals surface area contributed by atoms with E-state index in [0.717, 1.165) is 22.0 Å². The summed E-state index contributed by atoms with van der Waals surface area (Å²) >= 11 is 1.33. The number of amides is 1. The van der Waals surface area contributed by atoms with Crippen molar-refractivity contribution in [2.45, 2.75) is 6.54 Å². The van der Waals surface area contributed by atoms with Crippen LogP contribution in [0.2, 0.25) is 0 Å². The van der Waals surface area contributed by atoms with E-state index in [1.165, 1.54) is 28.2 Å². The third-order valence-corrected chi connectivity index (χ3v) is 6.30. The summed E-state index contributed by atoms with van der Waals surface area (Å²) in [5.41, 5.74) is 1.42. The van der Waals surface area contributed by atoms with Crippen LogP contribution in [0.1, 0.15) is 10.5 Å². The van der Waals surface area contributed by atoms with Crippen molar-refractivity contribution in [1.82, 2.24) is 24.3 Å². The van der Waals surface area contributed by atoms with E-state index in [1.807, 2.05) is 78.5 Å². The maximum atomic E-state index is 13.0. The molecule has 0 spiro atoms. The summed E-state index contributed by atoms with van der Waals surface area (Å²) in [6.45, 7) is 0.440. The summed E-state index contributed by atoms with van der Waals surface area (Å²) < 4.78 is 8.77. The number of imidazole rings is 1. The highest BCUT2D eigenvalue weighted by Gasteiger charge is 2.20. The second-order valence-corrected chi connectivity index (χ2v) is 8.82. The SMILES string of the molecule is Cn1ccnc1-c1sc(NC(=O)c2ccc(=O)n(CCOc3ccccc3)n2)nc1-c1ccccc1. The third-order valence-electron chi connectivity index (χ3n) is 5.33. The van der Waals surface area contributed by atoms with E-state index in [2.05, 4.69) is 20.4 Å². The van der Waals surface area contributed by atoms with Gasteiger partial charge in [-0.05, 0) is 18.2 Å². The summed E-state index contributed by atoms with van der Waals surface area (Å²) in [6, 6.07) is 21.7. The number of para-hydroxylation sites is 1. The largest absolute Gasteiger partial charge is 0.492 e. The van der Waals surface area contributed by atoms with Gasteiger partial charge in [-0.3, -0.25) is 14.9 Å². The Morgan fingerprint density at radius 3 is 2.50 bits per heavy atom. The minimum atomic E-state index is -0.465. The van der Waals surface area contributed by atoms with E-state index in [1.54, 1.807) is 6.20 Å². The molecule has 0 saturated carbocycles. The zero-order valence-corrected chi connectivity index (χ0v) is 20.2. The number of hydrogen-bond donors (Lipinski definition) is 1. The van der Waals surface area contributed by atoms with Crippen LogP contribution in [0.25, 0.3) is 22.0 Å². The number of nitrogens with zero attached hydrogens (tertiary/aromatic N) is 5. The van der Waals surface area contributed by atoms with E-state index in [9.17, 15) is 9.59 Å². The zero-order chi connectivity index (χ0) is 24.9. The first-order valence-corrected chi connectivity index (χ1v) is 12.0. The molecule has 0 aliphatic rings. The van der Waals surface area contributed by atoms with Crippen LogP contribution in [0.5, 0.6) is 5.75 Å². The summed E-state index contributed by atoms with van der Waals surface area (Å²) in [6.07, 6.45) is 3.58. The minimum Gasteiger partial charge on any atom is -0.492 e. The lowest BCUT2D eigenvalue weighted by molar-refractivity contribution is 0.101. The number of hydrogen-bond acceptors (Lipinski definition) is 7. The molecule has 3 aromatic heterocycles. The van der Waals surface area contributed by atoms with Crippen LogP contribution in [0.4, 0.5) is 5.13 Å². The van der Waals surface area contributed by atoms with Crippen molar-refractivity contribution in [3.05, 3.63) is 101 Å². The second kappa shape index (κ2) is 10.4. The van der Waals surface area contributed by atoms with Crippen molar-refractivity contribution in [2.75, 3.05) is 11.9 Å². The van der Waals surface area contributed by atoms with E-state index < -0.39 is 5.91 Å². The van der Waals surface area contributed by atoms with Gasteiger partial charge in [0.05, 0.1) is 17.1 Å². The first-order valence-electron chi connectivity index (χ1n) is 11.2. The van der Waals surface area contributed by atoms with Gasteiger partial charge in [-0.1, -0.05) is 59.9 Å². The number of aromatic nitrogens is 5. The van der Waals surface area contributed by atoms with Crippen molar-refractivity contribution < 1.29 is 9.53 Å². The molecule has 2 aromatic carbocycles. The summed E-state index contributed by atoms with van der Waals surface area (Å²) in [4.78, 5) is 35.2. The van der Waals surface area contributed by atoms with Crippen LogP contribution >= 0.6 is 11.3 Å². The monoisotopic (exact) mass is 498 g/mol. The maximum Gasteiger partial charge on any atom is 0.277 e. The van der Waals surface area contributed by atoms with Crippen LogP contribution in [0, 0.1) is 0 Å². The molecule has 0 fully saturated rings. The fourth-order valence-corrected chi connectivity index (χ4v) is 4.58. The fourth-order valence-electron chi connectivity index (χ4n) is 3.56. The number of carbonyl (C=O) groups is 1. The molecule has 180 valence electrons. The summed E-state index contributed by atoms with van der Waals surface area (Å²) in [7, 11) is 1.91. The molecule has 0 saturated heterocycles. The Labute approximate surface area is 210 Å². The standard InChI is InChI=1S/C26H22N6O3S/c1-31-15-14-27-24(31)23-22(18-8-4-2-5-9-18)28-26(36-23)29-25(34)20-12-13-21(33)32(30-20)16-17-35-19-10-6-3-7-11-19/h2-15H,16-17H2,1H3,(H,28,29,34). The molecule has 9 nitrogen and oxygen atoms in total. The Morgan fingerprint density at radius 1 is 1.03 bits per heavy atom. The topological polar surface area (TPSA) is 104 Å². The van der Waals surface area contributed by atoms with Crippen molar-refractivity contribution in [3.8, 4) is 27.7 Å². The molecule has 5 aromatic rings. The highest BCUT2D eigenvalue weighted by molar-refractivity contribution is 7.19. The first kappa shape index (κ1) is 23.2. The van der Waals surface area contributed by atoms with Gasteiger partial charge in [0.2, 0.25) is 0 Å². The molecule has 1 amide bonds. The zero-order valence-electron chi connectivity index (χ0n) is 19.4. The number of anilines is 1. The number of thiazole rings is 1. The molecule has 36 heavy (non-hydrogen) atoms. The fraction of sp³-hybridized carbons (Fsp3) is 0.115. The number of aryl methyl sites for hydroxylation is 1. The number of carbonyl (C=O) groups excluding carboxylic acids is 1. The Hall–Kier alpha value is -4.57. The lowest BCUT2D eigenvalue weighted by Crippen LogP contribution is -2.28. The van der Waals surface area contributed by atoms with Gasteiger partial charge >= 0.3 is 0 Å². The molecule has 10 heteroatoms. The van der Waals surface area contributed by atoms with Crippen molar-refractivity contribution in [3.63, 3.8) is 0 Å². The van der Waals surface area contributed by atoms with Gasteiger partial charge in [-0.2, -0.15) is 5.10 Å². The minimum absolute atomic E-state index is 0.101. The molecule has 0 aliphatic carbocycles. The lowest BCUT2D eigenvalue weighted by atomic mass is 10.1. The van der Waals surface area contributed by atoms with Crippen LogP contribution in [-0.2, 0) is 13.6 Å². The normalized spacial score (nSPS) is 10.8. The van der Waals surface area contributed by atoms with Crippen LogP contribution in [0.15, 0.2) is 90.0 Å². The summed E-state index contributed by atoms with van der Waals surface area (Å²) in [5, 5.41) is 7.45. The number of benzene rings is 2. The molecule has 0 unspecified atom stereocenters. The highest BCUT2D eigenvalue weighted by Crippen LogP contribution is 2.38. The molecule has 3 heterocycles. The predicted molar refractivity (Wildman–Crippen MR) is 138 cm³/mol. The average molecular weight is 499 g/mol. The molecule has 1 N–H and O–H groups in total. The van der Waals surface area contributed by atoms with E-state index in [4.69, 9.17) is 4.74 Å². The van der Waals surface area contributed by atoms with E-state index >= 15 is 0 Å². The van der Waals surface area contributed by atoms with Crippen molar-refractivity contribution in [1.29, 1.82) is 0 Å². The molecule has 5 rings (SSSR count). The second-order valence-electron chi connectivity index (χ2n) is 7.82. The van der Waals surface area contributed by atoms with E-state index in [0.29, 0.717) is 10.9 Å². The van der Waals surface area contributed by atoms with Crippen LogP contribution in [-0.4, -0.2) is 36.8 Å². The number of rotatable bonds is 8. The quantitative estimate of drug-likeness (QED) is 0.346. The third kappa shape index (κ3) is 5.08. The first-order chi connectivity index (χ1) is 17.6. The highest BCUT2D eigenvalue weighted by atomic mass is 32.1. The van der Waals surface area contributed by atoms with Gasteiger partial charge in [0, 0.05) is 31.1 Å². The summed E-state index contributed by atoms with van der Waals surface area (Å²) in [5.74, 6) is 0.977. The Morgan fingerprint density at radius 2 is 1.78 bits per heavy atom. The Bertz CT molecular complexity index is 1540. The van der Waals surface area contributed by atoms with E-state index in [-0.39, 0.29) is 24.4 Å². The van der Waals surface area contributed by atoms with Gasteiger partial charge in [0.15, 0.2) is 11.0 Å². The van der Waals surface area contributed by atoms with Gasteiger partial charge < -0.3 is 9.30 Å². The van der Waals surface area contributed by atoms with Crippen molar-refractivity contribution >= 4 is 22.4 Å². The van der Waals surface area contributed by atoms with Gasteiger partial charge in [0.1, 0.15) is 18.1 Å².